The highest BCUT2D eigenvalue weighted by Crippen LogP contribution is 2.26. The number of carboxylic acid groups (broad SMARTS) is 1. The molecule has 2 aromatic rings. The maximum Gasteiger partial charge on any atom is 0.328 e. The zero-order valence-electron chi connectivity index (χ0n) is 11.9. The summed E-state index contributed by atoms with van der Waals surface area (Å²) in [5.74, 6) is 0.557. The third kappa shape index (κ3) is 4.39. The number of rotatable bonds is 5. The molecule has 0 atom stereocenters. The van der Waals surface area contributed by atoms with Crippen LogP contribution in [-0.2, 0) is 4.79 Å². The molecule has 3 nitrogen and oxygen atoms in total. The number of carbonyl (C=O) groups is 1. The lowest BCUT2D eigenvalue weighted by molar-refractivity contribution is -0.131. The van der Waals surface area contributed by atoms with Crippen molar-refractivity contribution in [3.63, 3.8) is 0 Å². The summed E-state index contributed by atoms with van der Waals surface area (Å²) >= 11 is 1.68. The molecular formula is C17H16O3S. The third-order valence-corrected chi connectivity index (χ3v) is 3.69. The Morgan fingerprint density at radius 3 is 2.38 bits per heavy atom. The van der Waals surface area contributed by atoms with Crippen molar-refractivity contribution in [1.82, 2.24) is 0 Å². The molecule has 0 bridgehead atoms. The lowest BCUT2D eigenvalue weighted by Crippen LogP contribution is -1.89. The Hall–Kier alpha value is -2.20. The van der Waals surface area contributed by atoms with E-state index in [4.69, 9.17) is 9.84 Å². The minimum absolute atomic E-state index is 0.733. The average Bonchev–Trinajstić information content (AvgIpc) is 2.47. The SMILES string of the molecule is CSc1ccc(Oc2ccc(C=CC(=O)O)c(C)c2)cc1. The van der Waals surface area contributed by atoms with E-state index in [2.05, 4.69) is 0 Å². The Labute approximate surface area is 128 Å². The van der Waals surface area contributed by atoms with E-state index in [1.54, 1.807) is 17.8 Å². The van der Waals surface area contributed by atoms with E-state index in [0.29, 0.717) is 0 Å². The fraction of sp³-hybridized carbons (Fsp3) is 0.118. The van der Waals surface area contributed by atoms with Crippen LogP contribution in [0.3, 0.4) is 0 Å². The summed E-state index contributed by atoms with van der Waals surface area (Å²) in [6, 6.07) is 13.5. The van der Waals surface area contributed by atoms with E-state index in [-0.39, 0.29) is 0 Å². The number of thioether (sulfide) groups is 1. The van der Waals surface area contributed by atoms with Gasteiger partial charge in [0.2, 0.25) is 0 Å². The second-order valence-electron chi connectivity index (χ2n) is 4.47. The van der Waals surface area contributed by atoms with Gasteiger partial charge in [-0.1, -0.05) is 6.07 Å². The van der Waals surface area contributed by atoms with Gasteiger partial charge in [-0.05, 0) is 66.8 Å². The lowest BCUT2D eigenvalue weighted by atomic mass is 10.1. The molecule has 21 heavy (non-hydrogen) atoms. The van der Waals surface area contributed by atoms with Crippen molar-refractivity contribution < 1.29 is 14.6 Å². The van der Waals surface area contributed by atoms with Crippen molar-refractivity contribution in [2.24, 2.45) is 0 Å². The summed E-state index contributed by atoms with van der Waals surface area (Å²) in [6.07, 6.45) is 4.74. The van der Waals surface area contributed by atoms with Gasteiger partial charge in [0.15, 0.2) is 0 Å². The number of hydrogen-bond donors (Lipinski definition) is 1. The van der Waals surface area contributed by atoms with Crippen LogP contribution < -0.4 is 4.74 Å². The topological polar surface area (TPSA) is 46.5 Å². The molecule has 0 aromatic heterocycles. The number of hydrogen-bond acceptors (Lipinski definition) is 3. The molecular weight excluding hydrogens is 284 g/mol. The summed E-state index contributed by atoms with van der Waals surface area (Å²) < 4.78 is 5.79. The third-order valence-electron chi connectivity index (χ3n) is 2.94. The molecule has 0 aliphatic heterocycles. The van der Waals surface area contributed by atoms with Gasteiger partial charge in [0.05, 0.1) is 0 Å². The molecule has 1 N–H and O–H groups in total. The number of carboxylic acids is 1. The van der Waals surface area contributed by atoms with Gasteiger partial charge in [-0.15, -0.1) is 11.8 Å². The van der Waals surface area contributed by atoms with Gasteiger partial charge in [0.25, 0.3) is 0 Å². The van der Waals surface area contributed by atoms with E-state index in [0.717, 1.165) is 28.7 Å². The highest BCUT2D eigenvalue weighted by atomic mass is 32.2. The summed E-state index contributed by atoms with van der Waals surface area (Å²) in [6.45, 7) is 1.92. The van der Waals surface area contributed by atoms with Crippen LogP contribution in [0, 0.1) is 6.92 Å². The largest absolute Gasteiger partial charge is 0.478 e. The Bertz CT molecular complexity index is 660. The van der Waals surface area contributed by atoms with Crippen molar-refractivity contribution in [2.75, 3.05) is 6.26 Å². The smallest absolute Gasteiger partial charge is 0.328 e. The average molecular weight is 300 g/mol. The van der Waals surface area contributed by atoms with Crippen molar-refractivity contribution in [1.29, 1.82) is 0 Å². The van der Waals surface area contributed by atoms with Crippen molar-refractivity contribution in [3.8, 4) is 11.5 Å². The van der Waals surface area contributed by atoms with Gasteiger partial charge in [-0.3, -0.25) is 0 Å². The zero-order chi connectivity index (χ0) is 15.2. The maximum atomic E-state index is 10.5. The van der Waals surface area contributed by atoms with E-state index in [1.165, 1.54) is 4.90 Å². The molecule has 0 saturated carbocycles. The molecule has 108 valence electrons. The molecule has 0 aliphatic rings. The van der Waals surface area contributed by atoms with Crippen LogP contribution in [0.25, 0.3) is 6.08 Å². The minimum atomic E-state index is -0.955. The van der Waals surface area contributed by atoms with Gasteiger partial charge >= 0.3 is 5.97 Å². The van der Waals surface area contributed by atoms with Crippen LogP contribution in [-0.4, -0.2) is 17.3 Å². The van der Waals surface area contributed by atoms with Crippen LogP contribution in [0.15, 0.2) is 53.4 Å². The summed E-state index contributed by atoms with van der Waals surface area (Å²) in [5.41, 5.74) is 1.83. The molecule has 4 heteroatoms. The normalized spacial score (nSPS) is 10.8. The number of ether oxygens (including phenoxy) is 1. The maximum absolute atomic E-state index is 10.5. The Morgan fingerprint density at radius 1 is 1.14 bits per heavy atom. The lowest BCUT2D eigenvalue weighted by Gasteiger charge is -2.08. The van der Waals surface area contributed by atoms with Gasteiger partial charge in [0, 0.05) is 11.0 Å². The summed E-state index contributed by atoms with van der Waals surface area (Å²) in [7, 11) is 0. The standard InChI is InChI=1S/C17H16O3S/c1-12-11-15(5-3-13(12)4-10-17(18)19)20-14-6-8-16(21-2)9-7-14/h3-11H,1-2H3,(H,18,19). The fourth-order valence-electron chi connectivity index (χ4n) is 1.84. The highest BCUT2D eigenvalue weighted by Gasteiger charge is 2.01. The van der Waals surface area contributed by atoms with Crippen LogP contribution in [0.1, 0.15) is 11.1 Å². The van der Waals surface area contributed by atoms with E-state index < -0.39 is 5.97 Å². The van der Waals surface area contributed by atoms with E-state index in [1.807, 2.05) is 55.6 Å². The molecule has 0 heterocycles. The highest BCUT2D eigenvalue weighted by molar-refractivity contribution is 7.98. The van der Waals surface area contributed by atoms with Crippen molar-refractivity contribution in [3.05, 3.63) is 59.7 Å². The monoisotopic (exact) mass is 300 g/mol. The molecule has 2 rings (SSSR count). The first-order valence-corrected chi connectivity index (χ1v) is 7.64. The first-order valence-electron chi connectivity index (χ1n) is 6.42. The second-order valence-corrected chi connectivity index (χ2v) is 5.35. The Kier molecular flexibility index (Phi) is 5.06. The molecule has 0 radical (unpaired) electrons. The van der Waals surface area contributed by atoms with Crippen molar-refractivity contribution in [2.45, 2.75) is 11.8 Å². The molecule has 2 aromatic carbocycles. The molecule has 0 spiro atoms. The second kappa shape index (κ2) is 6.99. The van der Waals surface area contributed by atoms with Gasteiger partial charge in [-0.25, -0.2) is 4.79 Å². The van der Waals surface area contributed by atoms with Crippen molar-refractivity contribution >= 4 is 23.8 Å². The van der Waals surface area contributed by atoms with E-state index in [9.17, 15) is 4.79 Å². The Balaban J connectivity index is 2.14. The molecule has 0 unspecified atom stereocenters. The zero-order valence-corrected chi connectivity index (χ0v) is 12.7. The molecule has 0 aliphatic carbocycles. The Morgan fingerprint density at radius 2 is 1.81 bits per heavy atom. The van der Waals surface area contributed by atoms with E-state index >= 15 is 0 Å². The predicted molar refractivity (Wildman–Crippen MR) is 86.1 cm³/mol. The van der Waals surface area contributed by atoms with Crippen LogP contribution in [0.4, 0.5) is 0 Å². The quantitative estimate of drug-likeness (QED) is 0.647. The molecule has 0 saturated heterocycles. The molecule has 0 amide bonds. The number of aryl methyl sites for hydroxylation is 1. The first kappa shape index (κ1) is 15.2. The predicted octanol–water partition coefficient (Wildman–Crippen LogP) is 4.61. The summed E-state index contributed by atoms with van der Waals surface area (Å²) in [4.78, 5) is 11.7. The van der Waals surface area contributed by atoms with Crippen LogP contribution in [0.5, 0.6) is 11.5 Å². The first-order chi connectivity index (χ1) is 10.1. The van der Waals surface area contributed by atoms with Crippen LogP contribution in [0.2, 0.25) is 0 Å². The van der Waals surface area contributed by atoms with Gasteiger partial charge in [-0.2, -0.15) is 0 Å². The summed E-state index contributed by atoms with van der Waals surface area (Å²) in [5, 5.41) is 8.64. The minimum Gasteiger partial charge on any atom is -0.478 e. The van der Waals surface area contributed by atoms with Gasteiger partial charge < -0.3 is 9.84 Å². The van der Waals surface area contributed by atoms with Gasteiger partial charge in [0.1, 0.15) is 11.5 Å². The fourth-order valence-corrected chi connectivity index (χ4v) is 2.25. The number of aliphatic carboxylic acids is 1. The number of benzene rings is 2. The van der Waals surface area contributed by atoms with Crippen LogP contribution >= 0.6 is 11.8 Å². The molecule has 0 fully saturated rings.